The van der Waals surface area contributed by atoms with Crippen LogP contribution in [0, 0.1) is 0 Å². The zero-order valence-corrected chi connectivity index (χ0v) is 13.5. The number of benzene rings is 1. The maximum Gasteiger partial charge on any atom is 0.222 e. The van der Waals surface area contributed by atoms with Crippen molar-refractivity contribution >= 4 is 35.0 Å². The van der Waals surface area contributed by atoms with Gasteiger partial charge >= 0.3 is 0 Å². The molecule has 1 heterocycles. The lowest BCUT2D eigenvalue weighted by Gasteiger charge is -2.25. The highest BCUT2D eigenvalue weighted by Crippen LogP contribution is 2.25. The van der Waals surface area contributed by atoms with Gasteiger partial charge in [0, 0.05) is 18.2 Å². The number of aromatic nitrogens is 2. The number of halogens is 2. The van der Waals surface area contributed by atoms with Gasteiger partial charge in [0.05, 0.1) is 15.7 Å². The molecule has 0 spiro atoms. The number of rotatable bonds is 3. The van der Waals surface area contributed by atoms with Gasteiger partial charge in [-0.1, -0.05) is 29.3 Å². The van der Waals surface area contributed by atoms with Crippen LogP contribution in [0.25, 0.3) is 0 Å². The molecular weight excluding hydrogens is 321 g/mol. The van der Waals surface area contributed by atoms with Gasteiger partial charge in [-0.25, -0.2) is 4.98 Å². The van der Waals surface area contributed by atoms with Crippen LogP contribution >= 0.6 is 23.2 Å². The molecule has 0 fully saturated rings. The fourth-order valence-corrected chi connectivity index (χ4v) is 3.06. The standard InChI is InChI=1S/C15H17Cl2N5/c16-11-3-1-8(5-12(11)17)7-20-9-2-4-13-10(6-9)14(18)22-15(19)21-13/h1,3,5,9,20H,2,4,6-7H2,(H4,18,19,21,22). The molecule has 1 aromatic carbocycles. The van der Waals surface area contributed by atoms with Crippen molar-refractivity contribution in [2.24, 2.45) is 0 Å². The summed E-state index contributed by atoms with van der Waals surface area (Å²) in [5, 5.41) is 4.66. The summed E-state index contributed by atoms with van der Waals surface area (Å²) in [6, 6.07) is 5.99. The van der Waals surface area contributed by atoms with Crippen molar-refractivity contribution in [2.45, 2.75) is 31.8 Å². The second kappa shape index (κ2) is 6.28. The highest BCUT2D eigenvalue weighted by atomic mass is 35.5. The van der Waals surface area contributed by atoms with E-state index in [1.807, 2.05) is 18.2 Å². The number of hydrogen-bond donors (Lipinski definition) is 3. The number of fused-ring (bicyclic) bond motifs is 1. The zero-order chi connectivity index (χ0) is 15.7. The van der Waals surface area contributed by atoms with Crippen LogP contribution in [-0.2, 0) is 19.4 Å². The third-order valence-electron chi connectivity index (χ3n) is 3.90. The summed E-state index contributed by atoms with van der Waals surface area (Å²) in [5.41, 5.74) is 14.7. The Morgan fingerprint density at radius 1 is 1.18 bits per heavy atom. The minimum atomic E-state index is 0.249. The van der Waals surface area contributed by atoms with E-state index in [0.717, 1.165) is 42.6 Å². The van der Waals surface area contributed by atoms with E-state index in [-0.39, 0.29) is 5.95 Å². The quantitative estimate of drug-likeness (QED) is 0.800. The molecule has 0 saturated heterocycles. The topological polar surface area (TPSA) is 89.8 Å². The molecule has 1 aliphatic carbocycles. The number of anilines is 2. The van der Waals surface area contributed by atoms with Gasteiger partial charge in [0.15, 0.2) is 0 Å². The van der Waals surface area contributed by atoms with E-state index in [1.165, 1.54) is 0 Å². The average molecular weight is 338 g/mol. The van der Waals surface area contributed by atoms with Crippen molar-refractivity contribution in [3.63, 3.8) is 0 Å². The fraction of sp³-hybridized carbons (Fsp3) is 0.333. The molecule has 0 amide bonds. The zero-order valence-electron chi connectivity index (χ0n) is 11.9. The van der Waals surface area contributed by atoms with Crippen molar-refractivity contribution in [3.8, 4) is 0 Å². The highest BCUT2D eigenvalue weighted by molar-refractivity contribution is 6.42. The van der Waals surface area contributed by atoms with Crippen LogP contribution in [0.4, 0.5) is 11.8 Å². The van der Waals surface area contributed by atoms with Gasteiger partial charge in [-0.15, -0.1) is 0 Å². The van der Waals surface area contributed by atoms with Gasteiger partial charge in [0.1, 0.15) is 5.82 Å². The van der Waals surface area contributed by atoms with Crippen molar-refractivity contribution in [2.75, 3.05) is 11.5 Å². The van der Waals surface area contributed by atoms with Gasteiger partial charge in [-0.2, -0.15) is 4.98 Å². The number of nitrogen functional groups attached to an aromatic ring is 2. The molecule has 5 N–H and O–H groups in total. The first-order valence-electron chi connectivity index (χ1n) is 7.11. The first-order chi connectivity index (χ1) is 10.5. The molecule has 2 aromatic rings. The highest BCUT2D eigenvalue weighted by Gasteiger charge is 2.22. The van der Waals surface area contributed by atoms with E-state index < -0.39 is 0 Å². The van der Waals surface area contributed by atoms with E-state index >= 15 is 0 Å². The number of nitrogens with zero attached hydrogens (tertiary/aromatic N) is 2. The summed E-state index contributed by atoms with van der Waals surface area (Å²) in [5.74, 6) is 0.738. The van der Waals surface area contributed by atoms with Crippen molar-refractivity contribution in [1.82, 2.24) is 15.3 Å². The maximum absolute atomic E-state index is 6.03. The Kier molecular flexibility index (Phi) is 4.38. The molecule has 0 radical (unpaired) electrons. The van der Waals surface area contributed by atoms with E-state index in [0.29, 0.717) is 21.9 Å². The lowest BCUT2D eigenvalue weighted by molar-refractivity contribution is 0.453. The third kappa shape index (κ3) is 3.27. The first kappa shape index (κ1) is 15.3. The Labute approximate surface area is 139 Å². The predicted molar refractivity (Wildman–Crippen MR) is 90.0 cm³/mol. The first-order valence-corrected chi connectivity index (χ1v) is 7.86. The summed E-state index contributed by atoms with van der Waals surface area (Å²) < 4.78 is 0. The second-order valence-electron chi connectivity index (χ2n) is 5.46. The second-order valence-corrected chi connectivity index (χ2v) is 6.28. The van der Waals surface area contributed by atoms with Crippen molar-refractivity contribution < 1.29 is 0 Å². The van der Waals surface area contributed by atoms with E-state index in [2.05, 4.69) is 15.3 Å². The summed E-state index contributed by atoms with van der Waals surface area (Å²) in [6.45, 7) is 0.729. The van der Waals surface area contributed by atoms with E-state index in [9.17, 15) is 0 Å². The van der Waals surface area contributed by atoms with Crippen molar-refractivity contribution in [1.29, 1.82) is 0 Å². The normalized spacial score (nSPS) is 17.3. The fourth-order valence-electron chi connectivity index (χ4n) is 2.74. The largest absolute Gasteiger partial charge is 0.383 e. The molecule has 7 heteroatoms. The van der Waals surface area contributed by atoms with Crippen molar-refractivity contribution in [3.05, 3.63) is 45.1 Å². The molecule has 1 aromatic heterocycles. The van der Waals surface area contributed by atoms with E-state index in [4.69, 9.17) is 34.7 Å². The summed E-state index contributed by atoms with van der Waals surface area (Å²) >= 11 is 12.0. The molecule has 0 aliphatic heterocycles. The number of hydrogen-bond acceptors (Lipinski definition) is 5. The molecule has 5 nitrogen and oxygen atoms in total. The average Bonchev–Trinajstić information content (AvgIpc) is 2.48. The minimum Gasteiger partial charge on any atom is -0.383 e. The Balaban J connectivity index is 1.66. The molecule has 1 unspecified atom stereocenters. The molecule has 3 rings (SSSR count). The van der Waals surface area contributed by atoms with Crippen LogP contribution in [0.5, 0.6) is 0 Å². The Morgan fingerprint density at radius 2 is 2.00 bits per heavy atom. The SMILES string of the molecule is Nc1nc(N)c2c(n1)CCC(NCc1ccc(Cl)c(Cl)c1)C2. The van der Waals surface area contributed by atoms with Crippen LogP contribution in [-0.4, -0.2) is 16.0 Å². The lowest BCUT2D eigenvalue weighted by Crippen LogP contribution is -2.35. The van der Waals surface area contributed by atoms with Gasteiger partial charge < -0.3 is 16.8 Å². The van der Waals surface area contributed by atoms with Gasteiger partial charge in [-0.05, 0) is 37.0 Å². The molecule has 1 atom stereocenters. The van der Waals surface area contributed by atoms with Crippen LogP contribution in [0.1, 0.15) is 23.2 Å². The molecule has 0 bridgehead atoms. The number of nitrogens with one attached hydrogen (secondary N) is 1. The third-order valence-corrected chi connectivity index (χ3v) is 4.64. The summed E-state index contributed by atoms with van der Waals surface area (Å²) in [7, 11) is 0. The Bertz CT molecular complexity index is 705. The molecular formula is C15H17Cl2N5. The predicted octanol–water partition coefficient (Wildman–Crippen LogP) is 2.59. The number of nitrogens with two attached hydrogens (primary N) is 2. The molecule has 0 saturated carbocycles. The monoisotopic (exact) mass is 337 g/mol. The molecule has 22 heavy (non-hydrogen) atoms. The maximum atomic E-state index is 6.03. The smallest absolute Gasteiger partial charge is 0.222 e. The summed E-state index contributed by atoms with van der Waals surface area (Å²) in [4.78, 5) is 8.32. The Morgan fingerprint density at radius 3 is 2.77 bits per heavy atom. The minimum absolute atomic E-state index is 0.249. The van der Waals surface area contributed by atoms with Crippen LogP contribution in [0.15, 0.2) is 18.2 Å². The summed E-state index contributed by atoms with van der Waals surface area (Å²) in [6.07, 6.45) is 2.65. The van der Waals surface area contributed by atoms with Crippen LogP contribution < -0.4 is 16.8 Å². The van der Waals surface area contributed by atoms with Crippen LogP contribution in [0.3, 0.4) is 0 Å². The molecule has 116 valence electrons. The van der Waals surface area contributed by atoms with Gasteiger partial charge in [0.2, 0.25) is 5.95 Å². The van der Waals surface area contributed by atoms with E-state index in [1.54, 1.807) is 0 Å². The Hall–Kier alpha value is -1.56. The van der Waals surface area contributed by atoms with Crippen LogP contribution in [0.2, 0.25) is 10.0 Å². The lowest BCUT2D eigenvalue weighted by atomic mass is 9.92. The molecule has 1 aliphatic rings. The van der Waals surface area contributed by atoms with Gasteiger partial charge in [0.25, 0.3) is 0 Å². The number of aryl methyl sites for hydroxylation is 1. The van der Waals surface area contributed by atoms with Gasteiger partial charge in [-0.3, -0.25) is 0 Å².